The number of nitrogens with one attached hydrogen (secondary N) is 2. The lowest BCUT2D eigenvalue weighted by atomic mass is 10.2. The van der Waals surface area contributed by atoms with Crippen molar-refractivity contribution < 1.29 is 9.59 Å². The van der Waals surface area contributed by atoms with E-state index in [-0.39, 0.29) is 11.8 Å². The van der Waals surface area contributed by atoms with Gasteiger partial charge in [0.05, 0.1) is 5.02 Å². The van der Waals surface area contributed by atoms with E-state index >= 15 is 0 Å². The maximum absolute atomic E-state index is 12.6. The van der Waals surface area contributed by atoms with Crippen LogP contribution in [0, 0.1) is 6.92 Å². The van der Waals surface area contributed by atoms with Gasteiger partial charge in [-0.05, 0) is 42.8 Å². The number of thiophene rings is 1. The molecule has 4 rings (SSSR count). The van der Waals surface area contributed by atoms with Crippen molar-refractivity contribution >= 4 is 50.5 Å². The highest BCUT2D eigenvalue weighted by atomic mass is 35.5. The van der Waals surface area contributed by atoms with Gasteiger partial charge < -0.3 is 5.32 Å². The number of fused-ring (bicyclic) bond motifs is 1. The zero-order chi connectivity index (χ0) is 19.7. The summed E-state index contributed by atoms with van der Waals surface area (Å²) in [7, 11) is 0. The van der Waals surface area contributed by atoms with Crippen molar-refractivity contribution in [3.05, 3.63) is 76.1 Å². The van der Waals surface area contributed by atoms with Crippen molar-refractivity contribution in [3.63, 3.8) is 0 Å². The van der Waals surface area contributed by atoms with E-state index in [1.54, 1.807) is 24.3 Å². The Morgan fingerprint density at radius 3 is 2.46 bits per heavy atom. The molecule has 0 bridgehead atoms. The lowest BCUT2D eigenvalue weighted by Crippen LogP contribution is -2.21. The molecule has 2 aromatic carbocycles. The Kier molecular flexibility index (Phi) is 4.81. The highest BCUT2D eigenvalue weighted by Crippen LogP contribution is 2.36. The van der Waals surface area contributed by atoms with Crippen LogP contribution in [0.2, 0.25) is 5.02 Å². The van der Waals surface area contributed by atoms with Gasteiger partial charge in [0.25, 0.3) is 11.8 Å². The molecule has 0 spiro atoms. The first kappa shape index (κ1) is 18.1. The van der Waals surface area contributed by atoms with E-state index < -0.39 is 0 Å². The van der Waals surface area contributed by atoms with Gasteiger partial charge in [0.1, 0.15) is 17.5 Å². The summed E-state index contributed by atoms with van der Waals surface area (Å²) in [5, 5.41) is 11.4. The number of hydrogen-bond acceptors (Lipinski definition) is 5. The summed E-state index contributed by atoms with van der Waals surface area (Å²) in [5.74, 6) is -0.605. The number of rotatable bonds is 4. The maximum atomic E-state index is 12.6. The Labute approximate surface area is 168 Å². The van der Waals surface area contributed by atoms with E-state index in [1.165, 1.54) is 28.7 Å². The van der Waals surface area contributed by atoms with Crippen LogP contribution in [-0.4, -0.2) is 26.7 Å². The second-order valence-corrected chi connectivity index (χ2v) is 7.52. The average molecular weight is 412 g/mol. The predicted octanol–water partition coefficient (Wildman–Crippen LogP) is 4.09. The number of carbonyl (C=O) groups excluding carboxylic acids is 2. The number of benzene rings is 2. The van der Waals surface area contributed by atoms with E-state index in [1.807, 2.05) is 25.1 Å². The van der Waals surface area contributed by atoms with Crippen molar-refractivity contribution in [1.29, 1.82) is 0 Å². The van der Waals surface area contributed by atoms with Gasteiger partial charge in [0.15, 0.2) is 0 Å². The molecule has 0 aliphatic heterocycles. The molecule has 0 saturated heterocycles. The molecular formula is C19H14ClN5O2S. The van der Waals surface area contributed by atoms with E-state index in [9.17, 15) is 9.59 Å². The van der Waals surface area contributed by atoms with Crippen molar-refractivity contribution in [2.45, 2.75) is 6.92 Å². The number of aryl methyl sites for hydroxylation is 1. The number of aromatic nitrogens is 3. The van der Waals surface area contributed by atoms with Crippen molar-refractivity contribution in [3.8, 4) is 0 Å². The van der Waals surface area contributed by atoms with Crippen LogP contribution in [0.1, 0.15) is 25.6 Å². The van der Waals surface area contributed by atoms with Crippen LogP contribution in [0.5, 0.6) is 0 Å². The summed E-state index contributed by atoms with van der Waals surface area (Å²) < 4.78 is 2.32. The van der Waals surface area contributed by atoms with E-state index in [0.29, 0.717) is 21.2 Å². The molecule has 0 aliphatic carbocycles. The normalized spacial score (nSPS) is 10.8. The number of hydrogen-bond donors (Lipinski definition) is 2. The molecule has 0 radical (unpaired) electrons. The van der Waals surface area contributed by atoms with Crippen LogP contribution in [0.3, 0.4) is 0 Å². The van der Waals surface area contributed by atoms with Crippen LogP contribution in [-0.2, 0) is 0 Å². The minimum Gasteiger partial charge on any atom is -0.321 e. The first-order valence-electron chi connectivity index (χ1n) is 8.27. The van der Waals surface area contributed by atoms with Crippen LogP contribution in [0.4, 0.5) is 5.69 Å². The molecule has 28 heavy (non-hydrogen) atoms. The summed E-state index contributed by atoms with van der Waals surface area (Å²) in [6.07, 6.45) is 2.76. The largest absolute Gasteiger partial charge is 0.321 e. The van der Waals surface area contributed by atoms with Gasteiger partial charge in [0, 0.05) is 21.3 Å². The molecule has 2 heterocycles. The molecular weight excluding hydrogens is 398 g/mol. The summed E-state index contributed by atoms with van der Waals surface area (Å²) in [5.41, 5.74) is 4.71. The van der Waals surface area contributed by atoms with Gasteiger partial charge in [-0.3, -0.25) is 15.0 Å². The molecule has 2 amide bonds. The minimum atomic E-state index is -0.319. The monoisotopic (exact) mass is 411 g/mol. The number of anilines is 1. The first-order valence-corrected chi connectivity index (χ1v) is 9.47. The van der Waals surface area contributed by atoms with Crippen LogP contribution in [0.25, 0.3) is 10.1 Å². The molecule has 0 atom stereocenters. The summed E-state index contributed by atoms with van der Waals surface area (Å²) in [4.78, 5) is 25.2. The topological polar surface area (TPSA) is 88.9 Å². The number of carbonyl (C=O) groups is 2. The van der Waals surface area contributed by atoms with Gasteiger partial charge in [-0.2, -0.15) is 0 Å². The predicted molar refractivity (Wildman–Crippen MR) is 110 cm³/mol. The van der Waals surface area contributed by atoms with Crippen molar-refractivity contribution in [2.24, 2.45) is 0 Å². The van der Waals surface area contributed by atoms with Gasteiger partial charge >= 0.3 is 0 Å². The lowest BCUT2D eigenvalue weighted by molar-refractivity contribution is 0.100. The second-order valence-electron chi connectivity index (χ2n) is 6.09. The fourth-order valence-electron chi connectivity index (χ4n) is 2.65. The smallest absolute Gasteiger partial charge is 0.270 e. The van der Waals surface area contributed by atoms with Gasteiger partial charge in [0.2, 0.25) is 0 Å². The Bertz CT molecular complexity index is 1170. The van der Waals surface area contributed by atoms with Crippen molar-refractivity contribution in [1.82, 2.24) is 14.9 Å². The van der Waals surface area contributed by atoms with Crippen LogP contribution in [0.15, 0.2) is 55.1 Å². The lowest BCUT2D eigenvalue weighted by Gasteiger charge is -2.07. The zero-order valence-corrected chi connectivity index (χ0v) is 16.2. The molecule has 0 aliphatic rings. The zero-order valence-electron chi connectivity index (χ0n) is 14.6. The fourth-order valence-corrected chi connectivity index (χ4v) is 4.16. The Morgan fingerprint density at radius 1 is 1.04 bits per heavy atom. The summed E-state index contributed by atoms with van der Waals surface area (Å²) in [6, 6.07) is 12.4. The summed E-state index contributed by atoms with van der Waals surface area (Å²) in [6.45, 7) is 1.99. The molecule has 9 heteroatoms. The molecule has 0 unspecified atom stereocenters. The second kappa shape index (κ2) is 7.41. The SMILES string of the molecule is Cc1ccc2c(Cl)c(C(=O)Nc3ccc(C(=O)Nn4cnnc4)cc3)sc2c1. The highest BCUT2D eigenvalue weighted by molar-refractivity contribution is 7.21. The minimum absolute atomic E-state index is 0.287. The molecule has 4 aromatic rings. The third-order valence-electron chi connectivity index (χ3n) is 4.05. The van der Waals surface area contributed by atoms with Crippen molar-refractivity contribution in [2.75, 3.05) is 10.7 Å². The third-order valence-corrected chi connectivity index (χ3v) is 5.70. The first-order chi connectivity index (χ1) is 13.5. The maximum Gasteiger partial charge on any atom is 0.270 e. The van der Waals surface area contributed by atoms with Gasteiger partial charge in [-0.15, -0.1) is 21.5 Å². The highest BCUT2D eigenvalue weighted by Gasteiger charge is 2.17. The van der Waals surface area contributed by atoms with E-state index in [4.69, 9.17) is 11.6 Å². The van der Waals surface area contributed by atoms with Crippen LogP contribution < -0.4 is 10.7 Å². The van der Waals surface area contributed by atoms with Gasteiger partial charge in [-0.1, -0.05) is 23.7 Å². The quantitative estimate of drug-likeness (QED) is 0.529. The number of nitrogens with zero attached hydrogens (tertiary/aromatic N) is 3. The fraction of sp³-hybridized carbons (Fsp3) is 0.0526. The average Bonchev–Trinajstić information content (AvgIpc) is 3.30. The standard InChI is InChI=1S/C19H14ClN5O2S/c1-11-2-7-14-15(8-11)28-17(16(14)20)19(27)23-13-5-3-12(4-6-13)18(26)24-25-9-21-22-10-25/h2-10H,1H3,(H,23,27)(H,24,26). The number of amides is 2. The molecule has 2 N–H and O–H groups in total. The summed E-state index contributed by atoms with van der Waals surface area (Å²) >= 11 is 7.74. The molecule has 2 aromatic heterocycles. The Balaban J connectivity index is 1.49. The molecule has 0 fully saturated rings. The molecule has 0 saturated carbocycles. The van der Waals surface area contributed by atoms with E-state index in [2.05, 4.69) is 20.9 Å². The molecule has 7 nitrogen and oxygen atoms in total. The Hall–Kier alpha value is -3.23. The number of halogens is 1. The van der Waals surface area contributed by atoms with E-state index in [0.717, 1.165) is 15.6 Å². The van der Waals surface area contributed by atoms with Crippen LogP contribution >= 0.6 is 22.9 Å². The Morgan fingerprint density at radius 2 is 1.75 bits per heavy atom. The third kappa shape index (κ3) is 3.60. The molecule has 140 valence electrons. The van der Waals surface area contributed by atoms with Gasteiger partial charge in [-0.25, -0.2) is 4.68 Å².